The van der Waals surface area contributed by atoms with Crippen molar-refractivity contribution >= 4 is 34.8 Å². The fraction of sp³-hybridized carbons (Fsp3) is 0.280. The summed E-state index contributed by atoms with van der Waals surface area (Å²) in [4.78, 5) is 31.1. The Labute approximate surface area is 195 Å². The van der Waals surface area contributed by atoms with E-state index in [1.165, 1.54) is 21.4 Å². The van der Waals surface area contributed by atoms with E-state index in [2.05, 4.69) is 56.1 Å². The number of nitrogens with zero attached hydrogens (tertiary/aromatic N) is 7. The molecule has 34 heavy (non-hydrogen) atoms. The lowest BCUT2D eigenvalue weighted by atomic mass is 9.98. The normalized spacial score (nSPS) is 20.8. The molecule has 1 fully saturated rings. The van der Waals surface area contributed by atoms with E-state index in [0.29, 0.717) is 29.2 Å². The molecule has 0 N–H and O–H groups in total. The summed E-state index contributed by atoms with van der Waals surface area (Å²) in [5.74, 6) is 2.42. The number of hydrogen-bond acceptors (Lipinski definition) is 7. The van der Waals surface area contributed by atoms with Crippen LogP contribution < -0.4 is 0 Å². The molecule has 1 amide bonds. The summed E-state index contributed by atoms with van der Waals surface area (Å²) in [5.41, 5.74) is 2.99. The molecule has 2 aliphatic rings. The number of aryl methyl sites for hydroxylation is 1. The Morgan fingerprint density at radius 2 is 2.21 bits per heavy atom. The number of aliphatic imine (C=N–C) groups is 1. The van der Waals surface area contributed by atoms with Crippen LogP contribution in [0.1, 0.15) is 40.1 Å². The van der Waals surface area contributed by atoms with Crippen molar-refractivity contribution in [1.29, 1.82) is 0 Å². The highest BCUT2D eigenvalue weighted by Gasteiger charge is 2.55. The summed E-state index contributed by atoms with van der Waals surface area (Å²) in [7, 11) is 3.43. The maximum atomic E-state index is 12.9. The average Bonchev–Trinajstić information content (AvgIpc) is 3.26. The van der Waals surface area contributed by atoms with Gasteiger partial charge in [-0.25, -0.2) is 9.98 Å². The number of carbonyl (C=O) groups is 1. The smallest absolute Gasteiger partial charge is 0.274 e. The van der Waals surface area contributed by atoms with Crippen molar-refractivity contribution in [2.24, 2.45) is 23.9 Å². The maximum absolute atomic E-state index is 12.9. The largest absolute Gasteiger partial charge is 0.337 e. The number of benzene rings is 1. The minimum Gasteiger partial charge on any atom is -0.337 e. The van der Waals surface area contributed by atoms with Gasteiger partial charge < -0.3 is 14.0 Å². The lowest BCUT2D eigenvalue weighted by Gasteiger charge is -2.15. The van der Waals surface area contributed by atoms with Gasteiger partial charge in [-0.05, 0) is 53.6 Å². The first kappa shape index (κ1) is 20.5. The van der Waals surface area contributed by atoms with Crippen LogP contribution in [0.3, 0.4) is 0 Å². The molecule has 0 unspecified atom stereocenters. The van der Waals surface area contributed by atoms with Crippen LogP contribution >= 0.6 is 0 Å². The van der Waals surface area contributed by atoms with E-state index in [0.717, 1.165) is 17.6 Å². The van der Waals surface area contributed by atoms with Crippen LogP contribution in [-0.4, -0.2) is 49.2 Å². The van der Waals surface area contributed by atoms with E-state index in [1.807, 2.05) is 18.5 Å². The first-order valence-electron chi connectivity index (χ1n) is 11.1. The standard InChI is InChI=1S/C25H23N7O2/c1-26-24-22(32(3)13-28-24)25(33)31(2)12-20-29-23(30-34-20)21-18-9-16(10-19(18)21)15-5-4-14-6-7-27-11-17(14)8-15/h4-9,11,13,18-19,21H,1,10,12H2,2-3H3/t18-,19+,21+/m0/s1. The quantitative estimate of drug-likeness (QED) is 0.412. The lowest BCUT2D eigenvalue weighted by Crippen LogP contribution is -2.28. The van der Waals surface area contributed by atoms with Crippen molar-refractivity contribution in [2.75, 3.05) is 7.05 Å². The lowest BCUT2D eigenvalue weighted by molar-refractivity contribution is 0.0761. The van der Waals surface area contributed by atoms with Crippen LogP contribution in [0.4, 0.5) is 5.82 Å². The summed E-state index contributed by atoms with van der Waals surface area (Å²) in [6.07, 6.45) is 8.62. The minimum absolute atomic E-state index is 0.210. The highest BCUT2D eigenvalue weighted by atomic mass is 16.5. The monoisotopic (exact) mass is 453 g/mol. The van der Waals surface area contributed by atoms with Crippen molar-refractivity contribution in [2.45, 2.75) is 18.9 Å². The Bertz CT molecular complexity index is 1470. The maximum Gasteiger partial charge on any atom is 0.274 e. The van der Waals surface area contributed by atoms with E-state index in [-0.39, 0.29) is 18.4 Å². The van der Waals surface area contributed by atoms with Crippen molar-refractivity contribution in [3.05, 3.63) is 72.0 Å². The number of pyridine rings is 1. The summed E-state index contributed by atoms with van der Waals surface area (Å²) in [5, 5.41) is 6.57. The van der Waals surface area contributed by atoms with Crippen LogP contribution in [0.2, 0.25) is 0 Å². The molecule has 0 radical (unpaired) electrons. The number of fused-ring (bicyclic) bond motifs is 2. The molecular formula is C25H23N7O2. The van der Waals surface area contributed by atoms with Gasteiger partial charge in [0, 0.05) is 37.8 Å². The van der Waals surface area contributed by atoms with Crippen LogP contribution in [0.25, 0.3) is 16.3 Å². The third-order valence-electron chi connectivity index (χ3n) is 6.86. The highest BCUT2D eigenvalue weighted by Crippen LogP contribution is 2.62. The second-order valence-electron chi connectivity index (χ2n) is 8.99. The van der Waals surface area contributed by atoms with Gasteiger partial charge in [0.2, 0.25) is 5.89 Å². The second-order valence-corrected chi connectivity index (χ2v) is 8.99. The van der Waals surface area contributed by atoms with Gasteiger partial charge in [0.1, 0.15) is 6.54 Å². The van der Waals surface area contributed by atoms with E-state index < -0.39 is 0 Å². The molecule has 170 valence electrons. The van der Waals surface area contributed by atoms with Gasteiger partial charge in [0.25, 0.3) is 5.91 Å². The van der Waals surface area contributed by atoms with Crippen molar-refractivity contribution < 1.29 is 9.32 Å². The number of hydrogen-bond donors (Lipinski definition) is 0. The predicted octanol–water partition coefficient (Wildman–Crippen LogP) is 3.77. The van der Waals surface area contributed by atoms with Crippen LogP contribution in [0.15, 0.2) is 58.6 Å². The Morgan fingerprint density at radius 3 is 3.00 bits per heavy atom. The van der Waals surface area contributed by atoms with Crippen LogP contribution in [-0.2, 0) is 13.6 Å². The molecule has 0 aliphatic heterocycles. The van der Waals surface area contributed by atoms with Gasteiger partial charge in [0.05, 0.1) is 6.33 Å². The van der Waals surface area contributed by atoms with Gasteiger partial charge >= 0.3 is 0 Å². The third-order valence-corrected chi connectivity index (χ3v) is 6.86. The Hall–Kier alpha value is -4.14. The average molecular weight is 454 g/mol. The Balaban J connectivity index is 1.13. The molecule has 0 bridgehead atoms. The fourth-order valence-electron chi connectivity index (χ4n) is 5.01. The minimum atomic E-state index is -0.233. The molecule has 0 spiro atoms. The van der Waals surface area contributed by atoms with E-state index in [1.54, 1.807) is 25.0 Å². The molecule has 9 nitrogen and oxygen atoms in total. The molecule has 3 atom stereocenters. The number of allylic oxidation sites excluding steroid dienone is 2. The SMILES string of the molecule is C=Nc1ncn(C)c1C(=O)N(C)Cc1nc([C@@H]2[C@H]3C=C(c4ccc5ccncc5c4)C[C@H]32)no1. The van der Waals surface area contributed by atoms with Gasteiger partial charge in [-0.3, -0.25) is 9.78 Å². The second kappa shape index (κ2) is 7.72. The van der Waals surface area contributed by atoms with Crippen LogP contribution in [0.5, 0.6) is 0 Å². The zero-order valence-electron chi connectivity index (χ0n) is 18.9. The van der Waals surface area contributed by atoms with Crippen molar-refractivity contribution in [3.8, 4) is 0 Å². The zero-order valence-corrected chi connectivity index (χ0v) is 18.9. The molecule has 2 aliphatic carbocycles. The Morgan fingerprint density at radius 1 is 1.32 bits per heavy atom. The molecule has 4 aromatic rings. The van der Waals surface area contributed by atoms with Gasteiger partial charge in [-0.15, -0.1) is 0 Å². The summed E-state index contributed by atoms with van der Waals surface area (Å²) < 4.78 is 7.10. The topological polar surface area (TPSA) is 102 Å². The molecule has 9 heteroatoms. The van der Waals surface area contributed by atoms with Gasteiger partial charge in [0.15, 0.2) is 17.3 Å². The molecule has 1 saturated carbocycles. The summed E-state index contributed by atoms with van der Waals surface area (Å²) in [6.45, 7) is 3.69. The highest BCUT2D eigenvalue weighted by molar-refractivity contribution is 5.96. The molecule has 1 aromatic carbocycles. The number of imidazole rings is 1. The third kappa shape index (κ3) is 3.32. The molecule has 0 saturated heterocycles. The zero-order chi connectivity index (χ0) is 23.4. The number of amides is 1. The Kier molecular flexibility index (Phi) is 4.65. The van der Waals surface area contributed by atoms with E-state index >= 15 is 0 Å². The van der Waals surface area contributed by atoms with Crippen molar-refractivity contribution in [3.63, 3.8) is 0 Å². The van der Waals surface area contributed by atoms with Gasteiger partial charge in [-0.2, -0.15) is 4.98 Å². The first-order valence-corrected chi connectivity index (χ1v) is 11.1. The molecule has 6 rings (SSSR count). The summed E-state index contributed by atoms with van der Waals surface area (Å²) >= 11 is 0. The van der Waals surface area contributed by atoms with E-state index in [9.17, 15) is 4.79 Å². The van der Waals surface area contributed by atoms with Gasteiger partial charge in [-0.1, -0.05) is 23.4 Å². The predicted molar refractivity (Wildman–Crippen MR) is 127 cm³/mol. The first-order chi connectivity index (χ1) is 16.5. The molecule has 3 heterocycles. The molecule has 3 aromatic heterocycles. The van der Waals surface area contributed by atoms with Crippen LogP contribution in [0, 0.1) is 11.8 Å². The van der Waals surface area contributed by atoms with Crippen molar-refractivity contribution in [1.82, 2.24) is 29.6 Å². The molecular weight excluding hydrogens is 430 g/mol. The number of carbonyl (C=O) groups excluding carboxylic acids is 1. The number of aromatic nitrogens is 5. The fourth-order valence-corrected chi connectivity index (χ4v) is 5.01. The van der Waals surface area contributed by atoms with E-state index in [4.69, 9.17) is 4.52 Å². The summed E-state index contributed by atoms with van der Waals surface area (Å²) in [6, 6.07) is 8.57. The number of rotatable bonds is 6.